The Labute approximate surface area is 175 Å². The summed E-state index contributed by atoms with van der Waals surface area (Å²) in [5, 5.41) is 0.579. The quantitative estimate of drug-likeness (QED) is 0.763. The van der Waals surface area contributed by atoms with Crippen LogP contribution in [0.1, 0.15) is 31.2 Å². The number of benzene rings is 2. The van der Waals surface area contributed by atoms with Crippen molar-refractivity contribution in [2.75, 3.05) is 18.0 Å². The molecule has 0 aliphatic carbocycles. The first-order chi connectivity index (χ1) is 14.0. The molecule has 2 saturated heterocycles. The van der Waals surface area contributed by atoms with Crippen molar-refractivity contribution in [1.29, 1.82) is 0 Å². The molecule has 0 aromatic heterocycles. The number of rotatable bonds is 5. The number of quaternary nitrogens is 1. The molecule has 2 aliphatic heterocycles. The molecule has 152 valence electrons. The number of piperidine rings is 1. The van der Waals surface area contributed by atoms with Gasteiger partial charge in [0.2, 0.25) is 5.91 Å². The average Bonchev–Trinajstić information content (AvgIpc) is 3.02. The highest BCUT2D eigenvalue weighted by molar-refractivity contribution is 6.30. The van der Waals surface area contributed by atoms with Gasteiger partial charge in [-0.3, -0.25) is 9.59 Å². The SMILES string of the molecule is O=C1C[C@H]([NH+]2CCC(CCc3cccc(F)c3)CC2)C(=O)N1c1ccc(Cl)cc1. The van der Waals surface area contributed by atoms with Crippen LogP contribution in [0.4, 0.5) is 10.1 Å². The van der Waals surface area contributed by atoms with Gasteiger partial charge < -0.3 is 4.90 Å². The molecule has 2 aromatic rings. The molecule has 2 aliphatic rings. The molecular formula is C23H25ClFN2O2+. The predicted molar refractivity (Wildman–Crippen MR) is 110 cm³/mol. The van der Waals surface area contributed by atoms with Gasteiger partial charge in [0.1, 0.15) is 5.82 Å². The topological polar surface area (TPSA) is 41.8 Å². The van der Waals surface area contributed by atoms with Gasteiger partial charge in [-0.05, 0) is 73.6 Å². The van der Waals surface area contributed by atoms with Crippen LogP contribution < -0.4 is 9.80 Å². The molecule has 29 heavy (non-hydrogen) atoms. The Morgan fingerprint density at radius 1 is 1.07 bits per heavy atom. The van der Waals surface area contributed by atoms with Crippen LogP contribution in [0, 0.1) is 11.7 Å². The number of nitrogens with zero attached hydrogens (tertiary/aromatic N) is 1. The molecule has 2 amide bonds. The zero-order valence-electron chi connectivity index (χ0n) is 16.2. The van der Waals surface area contributed by atoms with Crippen LogP contribution in [0.5, 0.6) is 0 Å². The van der Waals surface area contributed by atoms with Gasteiger partial charge in [0, 0.05) is 5.02 Å². The number of anilines is 1. The van der Waals surface area contributed by atoms with Gasteiger partial charge in [0.15, 0.2) is 6.04 Å². The Morgan fingerprint density at radius 3 is 2.48 bits per heavy atom. The van der Waals surface area contributed by atoms with Crippen LogP contribution in [-0.4, -0.2) is 30.9 Å². The lowest BCUT2D eigenvalue weighted by Crippen LogP contribution is -3.17. The molecule has 1 N–H and O–H groups in total. The zero-order chi connectivity index (χ0) is 20.4. The highest BCUT2D eigenvalue weighted by Gasteiger charge is 2.46. The van der Waals surface area contributed by atoms with Crippen molar-refractivity contribution in [3.8, 4) is 0 Å². The zero-order valence-corrected chi connectivity index (χ0v) is 17.0. The summed E-state index contributed by atoms with van der Waals surface area (Å²) in [6.45, 7) is 1.79. The number of nitrogens with one attached hydrogen (secondary N) is 1. The highest BCUT2D eigenvalue weighted by Crippen LogP contribution is 2.25. The Bertz CT molecular complexity index is 894. The number of carbonyl (C=O) groups excluding carboxylic acids is 2. The molecule has 0 radical (unpaired) electrons. The Kier molecular flexibility index (Phi) is 5.97. The summed E-state index contributed by atoms with van der Waals surface area (Å²) >= 11 is 5.92. The smallest absolute Gasteiger partial charge is 0.292 e. The molecule has 0 bridgehead atoms. The van der Waals surface area contributed by atoms with Crippen molar-refractivity contribution in [3.63, 3.8) is 0 Å². The number of halogens is 2. The fraction of sp³-hybridized carbons (Fsp3) is 0.391. The van der Waals surface area contributed by atoms with Crippen LogP contribution in [0.3, 0.4) is 0 Å². The molecule has 2 fully saturated rings. The third kappa shape index (κ3) is 4.51. The maximum absolute atomic E-state index is 13.3. The van der Waals surface area contributed by atoms with Crippen molar-refractivity contribution in [2.24, 2.45) is 5.92 Å². The lowest BCUT2D eigenvalue weighted by Gasteiger charge is -2.32. The van der Waals surface area contributed by atoms with Crippen LogP contribution in [0.2, 0.25) is 5.02 Å². The molecule has 0 spiro atoms. The lowest BCUT2D eigenvalue weighted by molar-refractivity contribution is -0.920. The van der Waals surface area contributed by atoms with Gasteiger partial charge in [-0.1, -0.05) is 23.7 Å². The number of hydrogen-bond donors (Lipinski definition) is 1. The van der Waals surface area contributed by atoms with Gasteiger partial charge in [-0.25, -0.2) is 9.29 Å². The summed E-state index contributed by atoms with van der Waals surface area (Å²) < 4.78 is 13.3. The van der Waals surface area contributed by atoms with Crippen LogP contribution in [0.15, 0.2) is 48.5 Å². The summed E-state index contributed by atoms with van der Waals surface area (Å²) in [4.78, 5) is 28.0. The van der Waals surface area contributed by atoms with E-state index in [0.717, 1.165) is 44.3 Å². The predicted octanol–water partition coefficient (Wildman–Crippen LogP) is 3.04. The van der Waals surface area contributed by atoms with Crippen LogP contribution in [0.25, 0.3) is 0 Å². The third-order valence-electron chi connectivity index (χ3n) is 6.20. The van der Waals surface area contributed by atoms with Crippen molar-refractivity contribution in [1.82, 2.24) is 0 Å². The maximum Gasteiger partial charge on any atom is 0.292 e. The van der Waals surface area contributed by atoms with Crippen LogP contribution >= 0.6 is 11.6 Å². The fourth-order valence-corrected chi connectivity index (χ4v) is 4.69. The van der Waals surface area contributed by atoms with Crippen molar-refractivity contribution in [2.45, 2.75) is 38.1 Å². The minimum atomic E-state index is -0.289. The van der Waals surface area contributed by atoms with E-state index in [4.69, 9.17) is 11.6 Å². The fourth-order valence-electron chi connectivity index (χ4n) is 4.56. The first-order valence-electron chi connectivity index (χ1n) is 10.2. The minimum Gasteiger partial charge on any atom is -0.324 e. The van der Waals surface area contributed by atoms with E-state index in [0.29, 0.717) is 16.6 Å². The second-order valence-corrected chi connectivity index (χ2v) is 8.51. The molecule has 0 unspecified atom stereocenters. The summed E-state index contributed by atoms with van der Waals surface area (Å²) in [6, 6.07) is 13.3. The summed E-state index contributed by atoms with van der Waals surface area (Å²) in [5.74, 6) is 0.159. The van der Waals surface area contributed by atoms with E-state index in [1.165, 1.54) is 15.9 Å². The monoisotopic (exact) mass is 415 g/mol. The van der Waals surface area contributed by atoms with Gasteiger partial charge in [-0.2, -0.15) is 0 Å². The number of aryl methyl sites for hydroxylation is 1. The molecule has 2 heterocycles. The Hall–Kier alpha value is -2.24. The number of carbonyl (C=O) groups is 2. The molecule has 1 atom stereocenters. The van der Waals surface area contributed by atoms with E-state index in [9.17, 15) is 14.0 Å². The van der Waals surface area contributed by atoms with E-state index in [1.807, 2.05) is 6.07 Å². The van der Waals surface area contributed by atoms with Crippen molar-refractivity contribution in [3.05, 3.63) is 64.9 Å². The maximum atomic E-state index is 13.3. The van der Waals surface area contributed by atoms with E-state index in [1.54, 1.807) is 36.4 Å². The van der Waals surface area contributed by atoms with E-state index < -0.39 is 0 Å². The van der Waals surface area contributed by atoms with E-state index >= 15 is 0 Å². The van der Waals surface area contributed by atoms with E-state index in [-0.39, 0.29) is 30.1 Å². The van der Waals surface area contributed by atoms with Crippen molar-refractivity contribution >= 4 is 29.1 Å². The van der Waals surface area contributed by atoms with E-state index in [2.05, 4.69) is 0 Å². The second-order valence-electron chi connectivity index (χ2n) is 8.07. The van der Waals surface area contributed by atoms with Crippen molar-refractivity contribution < 1.29 is 18.9 Å². The second kappa shape index (κ2) is 8.64. The first-order valence-corrected chi connectivity index (χ1v) is 10.6. The normalized spacial score (nSPS) is 24.9. The molecule has 6 heteroatoms. The molecule has 4 nitrogen and oxygen atoms in total. The number of amides is 2. The third-order valence-corrected chi connectivity index (χ3v) is 6.45. The number of hydrogen-bond acceptors (Lipinski definition) is 2. The average molecular weight is 416 g/mol. The Balaban J connectivity index is 1.32. The first kappa shape index (κ1) is 20.0. The summed E-state index contributed by atoms with van der Waals surface area (Å²) in [6.07, 6.45) is 4.24. The number of likely N-dealkylation sites (tertiary alicyclic amines) is 1. The Morgan fingerprint density at radius 2 is 1.79 bits per heavy atom. The summed E-state index contributed by atoms with van der Waals surface area (Å²) in [7, 11) is 0. The molecular weight excluding hydrogens is 391 g/mol. The molecule has 4 rings (SSSR count). The van der Waals surface area contributed by atoms with Gasteiger partial charge in [0.25, 0.3) is 5.91 Å². The highest BCUT2D eigenvalue weighted by atomic mass is 35.5. The molecule has 2 aromatic carbocycles. The van der Waals surface area contributed by atoms with Gasteiger partial charge in [0.05, 0.1) is 25.2 Å². The largest absolute Gasteiger partial charge is 0.324 e. The number of imide groups is 1. The van der Waals surface area contributed by atoms with Gasteiger partial charge >= 0.3 is 0 Å². The van der Waals surface area contributed by atoms with Gasteiger partial charge in [-0.15, -0.1) is 0 Å². The lowest BCUT2D eigenvalue weighted by atomic mass is 9.90. The molecule has 0 saturated carbocycles. The standard InChI is InChI=1S/C23H24ClFN2O2/c24-18-6-8-20(9-7-18)27-22(28)15-21(23(27)29)26-12-10-16(11-13-26)4-5-17-2-1-3-19(25)14-17/h1-3,6-9,14,16,21H,4-5,10-13,15H2/p+1/t21-/m0/s1. The minimum absolute atomic E-state index is 0.106. The van der Waals surface area contributed by atoms with Crippen LogP contribution in [-0.2, 0) is 16.0 Å². The summed E-state index contributed by atoms with van der Waals surface area (Å²) in [5.41, 5.74) is 1.63.